The average Bonchev–Trinajstić information content (AvgIpc) is 2.28. The van der Waals surface area contributed by atoms with Crippen molar-refractivity contribution in [2.24, 2.45) is 0 Å². The highest BCUT2D eigenvalue weighted by molar-refractivity contribution is 7.98. The predicted molar refractivity (Wildman–Crippen MR) is 70.3 cm³/mol. The van der Waals surface area contributed by atoms with Gasteiger partial charge in [-0.25, -0.2) is 9.97 Å². The molecule has 90 valence electrons. The van der Waals surface area contributed by atoms with Gasteiger partial charge < -0.3 is 11.1 Å². The number of aromatic nitrogens is 2. The van der Waals surface area contributed by atoms with Crippen LogP contribution in [0.2, 0.25) is 0 Å². The van der Waals surface area contributed by atoms with Gasteiger partial charge in [0.05, 0.1) is 0 Å². The molecule has 5 nitrogen and oxygen atoms in total. The van der Waals surface area contributed by atoms with Gasteiger partial charge in [-0.2, -0.15) is 0 Å². The molecule has 1 aromatic heterocycles. The van der Waals surface area contributed by atoms with E-state index in [1.54, 1.807) is 6.07 Å². The molecule has 16 heavy (non-hydrogen) atoms. The van der Waals surface area contributed by atoms with E-state index in [4.69, 9.17) is 5.73 Å². The number of nitrogens with zero attached hydrogens (tertiary/aromatic N) is 2. The van der Waals surface area contributed by atoms with Gasteiger partial charge in [0.2, 0.25) is 0 Å². The van der Waals surface area contributed by atoms with Gasteiger partial charge >= 0.3 is 0 Å². The third-order valence-electron chi connectivity index (χ3n) is 1.87. The monoisotopic (exact) mass is 260 g/mol. The number of nitrogen functional groups attached to an aromatic ring is 1. The number of hydrogen-bond acceptors (Lipinski definition) is 6. The van der Waals surface area contributed by atoms with Crippen LogP contribution in [-0.4, -0.2) is 38.5 Å². The number of hydrogen-bond donors (Lipinski definition) is 2. The van der Waals surface area contributed by atoms with Crippen LogP contribution >= 0.6 is 11.8 Å². The first-order valence-electron chi connectivity index (χ1n) is 4.93. The number of rotatable bonds is 6. The van der Waals surface area contributed by atoms with Crippen molar-refractivity contribution in [3.8, 4) is 0 Å². The molecule has 3 N–H and O–H groups in total. The molecule has 1 unspecified atom stereocenters. The van der Waals surface area contributed by atoms with Gasteiger partial charge in [0.25, 0.3) is 0 Å². The molecule has 0 saturated carbocycles. The summed E-state index contributed by atoms with van der Waals surface area (Å²) in [5.41, 5.74) is 5.63. The molecule has 0 saturated heterocycles. The van der Waals surface area contributed by atoms with E-state index in [0.29, 0.717) is 34.8 Å². The van der Waals surface area contributed by atoms with Gasteiger partial charge in [0.1, 0.15) is 11.6 Å². The van der Waals surface area contributed by atoms with E-state index < -0.39 is 10.8 Å². The second kappa shape index (κ2) is 6.70. The van der Waals surface area contributed by atoms with Gasteiger partial charge in [-0.1, -0.05) is 18.7 Å². The minimum Gasteiger partial charge on any atom is -0.383 e. The second-order valence-corrected chi connectivity index (χ2v) is 5.66. The van der Waals surface area contributed by atoms with Crippen molar-refractivity contribution in [1.29, 1.82) is 0 Å². The molecule has 1 aromatic rings. The Hall–Kier alpha value is -0.820. The number of nitrogens with one attached hydrogen (secondary N) is 1. The van der Waals surface area contributed by atoms with Crippen LogP contribution in [0, 0.1) is 0 Å². The smallest absolute Gasteiger partial charge is 0.191 e. The van der Waals surface area contributed by atoms with Crippen LogP contribution in [0.3, 0.4) is 0 Å². The van der Waals surface area contributed by atoms with Crippen LogP contribution in [0.25, 0.3) is 0 Å². The summed E-state index contributed by atoms with van der Waals surface area (Å²) in [6, 6.07) is 1.68. The van der Waals surface area contributed by atoms with Crippen molar-refractivity contribution in [3.63, 3.8) is 0 Å². The fourth-order valence-electron chi connectivity index (χ4n) is 1.06. The zero-order valence-electron chi connectivity index (χ0n) is 9.40. The average molecular weight is 260 g/mol. The maximum atomic E-state index is 11.2. The summed E-state index contributed by atoms with van der Waals surface area (Å²) >= 11 is 1.44. The van der Waals surface area contributed by atoms with Crippen LogP contribution < -0.4 is 11.1 Å². The van der Waals surface area contributed by atoms with Gasteiger partial charge in [0.15, 0.2) is 5.16 Å². The summed E-state index contributed by atoms with van der Waals surface area (Å²) in [5.74, 6) is 2.43. The van der Waals surface area contributed by atoms with Crippen LogP contribution in [-0.2, 0) is 10.8 Å². The van der Waals surface area contributed by atoms with Crippen molar-refractivity contribution in [3.05, 3.63) is 6.07 Å². The van der Waals surface area contributed by atoms with E-state index in [1.807, 2.05) is 13.2 Å². The van der Waals surface area contributed by atoms with Gasteiger partial charge in [-0.15, -0.1) is 0 Å². The number of anilines is 2. The van der Waals surface area contributed by atoms with Crippen molar-refractivity contribution in [1.82, 2.24) is 9.97 Å². The maximum Gasteiger partial charge on any atom is 0.191 e. The molecule has 0 radical (unpaired) electrons. The Balaban J connectivity index is 2.53. The Bertz CT molecular complexity index is 373. The molecule has 0 spiro atoms. The Morgan fingerprint density at radius 2 is 2.31 bits per heavy atom. The predicted octanol–water partition coefficient (Wildman–Crippen LogP) is 0.961. The first kappa shape index (κ1) is 13.2. The molecule has 0 aliphatic heterocycles. The molecular formula is C9H16N4OS2. The summed E-state index contributed by atoms with van der Waals surface area (Å²) in [4.78, 5) is 8.28. The molecule has 1 atom stereocenters. The lowest BCUT2D eigenvalue weighted by atomic mass is 10.5. The standard InChI is InChI=1S/C9H16N4OS2/c1-3-16(14)5-4-11-8-6-7(10)12-9(13-8)15-2/h6H,3-5H2,1-2H3,(H3,10,11,12,13). The van der Waals surface area contributed by atoms with Gasteiger partial charge in [0, 0.05) is 34.9 Å². The second-order valence-electron chi connectivity index (χ2n) is 3.02. The lowest BCUT2D eigenvalue weighted by molar-refractivity contribution is 0.684. The molecule has 0 aliphatic rings. The molecule has 0 bridgehead atoms. The summed E-state index contributed by atoms with van der Waals surface area (Å²) in [5, 5.41) is 3.73. The summed E-state index contributed by atoms with van der Waals surface area (Å²) < 4.78 is 11.2. The topological polar surface area (TPSA) is 80.9 Å². The largest absolute Gasteiger partial charge is 0.383 e. The minimum atomic E-state index is -0.755. The first-order chi connectivity index (χ1) is 7.65. The number of nitrogens with two attached hydrogens (primary N) is 1. The maximum absolute atomic E-state index is 11.2. The van der Waals surface area contributed by atoms with E-state index in [0.717, 1.165) is 0 Å². The minimum absolute atomic E-state index is 0.443. The third kappa shape index (κ3) is 4.36. The van der Waals surface area contributed by atoms with E-state index >= 15 is 0 Å². The SMILES string of the molecule is CCS(=O)CCNc1cc(N)nc(SC)n1. The molecule has 0 amide bonds. The quantitative estimate of drug-likeness (QED) is 0.586. The molecule has 1 heterocycles. The highest BCUT2D eigenvalue weighted by Gasteiger charge is 2.02. The van der Waals surface area contributed by atoms with Gasteiger partial charge in [-0.3, -0.25) is 4.21 Å². The van der Waals surface area contributed by atoms with Crippen LogP contribution in [0.4, 0.5) is 11.6 Å². The molecule has 0 aliphatic carbocycles. The normalized spacial score (nSPS) is 12.4. The number of thioether (sulfide) groups is 1. The Labute approximate surface area is 102 Å². The zero-order valence-corrected chi connectivity index (χ0v) is 11.0. The highest BCUT2D eigenvalue weighted by atomic mass is 32.2. The molecular weight excluding hydrogens is 244 g/mol. The van der Waals surface area contributed by atoms with E-state index in [-0.39, 0.29) is 0 Å². The molecule has 0 aromatic carbocycles. The third-order valence-corrected chi connectivity index (χ3v) is 3.72. The van der Waals surface area contributed by atoms with E-state index in [1.165, 1.54) is 11.8 Å². The lowest BCUT2D eigenvalue weighted by Gasteiger charge is -2.06. The lowest BCUT2D eigenvalue weighted by Crippen LogP contribution is -2.13. The van der Waals surface area contributed by atoms with Gasteiger partial charge in [-0.05, 0) is 6.26 Å². The van der Waals surface area contributed by atoms with Crippen molar-refractivity contribution in [2.45, 2.75) is 12.1 Å². The molecule has 0 fully saturated rings. The van der Waals surface area contributed by atoms with Crippen molar-refractivity contribution in [2.75, 3.05) is 35.4 Å². The fraction of sp³-hybridized carbons (Fsp3) is 0.556. The molecule has 7 heteroatoms. The van der Waals surface area contributed by atoms with Crippen LogP contribution in [0.5, 0.6) is 0 Å². The zero-order chi connectivity index (χ0) is 12.0. The summed E-state index contributed by atoms with van der Waals surface area (Å²) in [7, 11) is -0.755. The van der Waals surface area contributed by atoms with Crippen molar-refractivity contribution >= 4 is 34.2 Å². The van der Waals surface area contributed by atoms with E-state index in [9.17, 15) is 4.21 Å². The summed E-state index contributed by atoms with van der Waals surface area (Å²) in [6.07, 6.45) is 1.89. The molecule has 1 rings (SSSR count). The Morgan fingerprint density at radius 1 is 1.56 bits per heavy atom. The summed E-state index contributed by atoms with van der Waals surface area (Å²) in [6.45, 7) is 2.54. The highest BCUT2D eigenvalue weighted by Crippen LogP contribution is 2.14. The van der Waals surface area contributed by atoms with Crippen LogP contribution in [0.1, 0.15) is 6.92 Å². The van der Waals surface area contributed by atoms with Crippen LogP contribution in [0.15, 0.2) is 11.2 Å². The first-order valence-corrected chi connectivity index (χ1v) is 7.64. The van der Waals surface area contributed by atoms with E-state index in [2.05, 4.69) is 15.3 Å². The van der Waals surface area contributed by atoms with Crippen molar-refractivity contribution < 1.29 is 4.21 Å². The Morgan fingerprint density at radius 3 is 2.94 bits per heavy atom. The fourth-order valence-corrected chi connectivity index (χ4v) is 2.07. The Kier molecular flexibility index (Phi) is 5.54.